The van der Waals surface area contributed by atoms with Crippen molar-refractivity contribution in [3.63, 3.8) is 0 Å². The van der Waals surface area contributed by atoms with Crippen LogP contribution in [0, 0.1) is 0 Å². The minimum absolute atomic E-state index is 0.0326. The molecular formula is C24H25NO5S2. The lowest BCUT2D eigenvalue weighted by Gasteiger charge is -2.08. The summed E-state index contributed by atoms with van der Waals surface area (Å²) in [5.41, 5.74) is 3.13. The number of hydrogen-bond acceptors (Lipinski definition) is 5. The highest BCUT2D eigenvalue weighted by Gasteiger charge is 2.13. The first kappa shape index (κ1) is 23.7. The highest BCUT2D eigenvalue weighted by molar-refractivity contribution is 7.91. The van der Waals surface area contributed by atoms with Crippen LogP contribution in [0.15, 0.2) is 82.6 Å². The van der Waals surface area contributed by atoms with Gasteiger partial charge in [0.05, 0.1) is 27.7 Å². The third-order valence-corrected chi connectivity index (χ3v) is 8.62. The molecule has 0 atom stereocenters. The van der Waals surface area contributed by atoms with Crippen molar-refractivity contribution in [3.05, 3.63) is 78.4 Å². The molecule has 0 aromatic heterocycles. The lowest BCUT2D eigenvalue weighted by molar-refractivity contribution is -0.115. The minimum atomic E-state index is -3.26. The number of rotatable bonds is 8. The Bertz CT molecular complexity index is 1290. The van der Waals surface area contributed by atoms with E-state index in [2.05, 4.69) is 5.32 Å². The molecule has 3 aromatic rings. The zero-order valence-electron chi connectivity index (χ0n) is 17.9. The van der Waals surface area contributed by atoms with E-state index in [4.69, 9.17) is 0 Å². The Kier molecular flexibility index (Phi) is 7.16. The Hall–Kier alpha value is -2.97. The smallest absolute Gasteiger partial charge is 0.228 e. The molecule has 0 heterocycles. The Morgan fingerprint density at radius 2 is 1.06 bits per heavy atom. The van der Waals surface area contributed by atoms with Crippen LogP contribution in [0.2, 0.25) is 0 Å². The molecule has 32 heavy (non-hydrogen) atoms. The summed E-state index contributed by atoms with van der Waals surface area (Å²) < 4.78 is 47.6. The number of hydrogen-bond donors (Lipinski definition) is 1. The third-order valence-electron chi connectivity index (χ3n) is 5.12. The first-order chi connectivity index (χ1) is 15.1. The minimum Gasteiger partial charge on any atom is -0.326 e. The molecule has 0 spiro atoms. The zero-order valence-corrected chi connectivity index (χ0v) is 19.5. The molecule has 3 aromatic carbocycles. The van der Waals surface area contributed by atoms with Crippen molar-refractivity contribution in [1.29, 1.82) is 0 Å². The van der Waals surface area contributed by atoms with E-state index in [-0.39, 0.29) is 28.7 Å². The summed E-state index contributed by atoms with van der Waals surface area (Å²) in [5.74, 6) is -0.119. The van der Waals surface area contributed by atoms with Crippen LogP contribution in [0.1, 0.15) is 19.4 Å². The second kappa shape index (κ2) is 9.67. The second-order valence-corrected chi connectivity index (χ2v) is 11.8. The molecule has 1 amide bonds. The average Bonchev–Trinajstić information content (AvgIpc) is 2.80. The van der Waals surface area contributed by atoms with Gasteiger partial charge in [-0.25, -0.2) is 16.8 Å². The van der Waals surface area contributed by atoms with E-state index >= 15 is 0 Å². The van der Waals surface area contributed by atoms with Crippen LogP contribution in [-0.4, -0.2) is 34.2 Å². The molecule has 0 saturated heterocycles. The number of carbonyl (C=O) groups is 1. The maximum Gasteiger partial charge on any atom is 0.228 e. The maximum atomic E-state index is 12.3. The molecule has 0 aliphatic rings. The lowest BCUT2D eigenvalue weighted by Crippen LogP contribution is -2.14. The summed E-state index contributed by atoms with van der Waals surface area (Å²) in [4.78, 5) is 12.9. The van der Waals surface area contributed by atoms with Gasteiger partial charge in [0.25, 0.3) is 0 Å². The van der Waals surface area contributed by atoms with Gasteiger partial charge in [-0.05, 0) is 53.1 Å². The summed E-state index contributed by atoms with van der Waals surface area (Å²) in [6, 6.07) is 20.3. The number of benzene rings is 3. The van der Waals surface area contributed by atoms with Crippen molar-refractivity contribution in [2.75, 3.05) is 16.8 Å². The highest BCUT2D eigenvalue weighted by atomic mass is 32.2. The Morgan fingerprint density at radius 3 is 1.50 bits per heavy atom. The average molecular weight is 472 g/mol. The highest BCUT2D eigenvalue weighted by Crippen LogP contribution is 2.23. The zero-order chi connectivity index (χ0) is 23.4. The van der Waals surface area contributed by atoms with Gasteiger partial charge in [0, 0.05) is 5.69 Å². The fourth-order valence-corrected chi connectivity index (χ4v) is 4.91. The number of nitrogens with one attached hydrogen (secondary N) is 1. The summed E-state index contributed by atoms with van der Waals surface area (Å²) >= 11 is 0. The van der Waals surface area contributed by atoms with Gasteiger partial charge in [-0.1, -0.05) is 50.2 Å². The lowest BCUT2D eigenvalue weighted by atomic mass is 10.1. The fourth-order valence-electron chi connectivity index (χ4n) is 3.14. The normalized spacial score (nSPS) is 11.8. The van der Waals surface area contributed by atoms with E-state index in [0.717, 1.165) is 16.7 Å². The van der Waals surface area contributed by atoms with Gasteiger partial charge in [-0.15, -0.1) is 0 Å². The van der Waals surface area contributed by atoms with Crippen molar-refractivity contribution in [2.24, 2.45) is 0 Å². The Morgan fingerprint density at radius 1 is 0.656 bits per heavy atom. The van der Waals surface area contributed by atoms with Gasteiger partial charge >= 0.3 is 0 Å². The van der Waals surface area contributed by atoms with Crippen molar-refractivity contribution >= 4 is 31.3 Å². The van der Waals surface area contributed by atoms with Gasteiger partial charge in [-0.2, -0.15) is 0 Å². The van der Waals surface area contributed by atoms with E-state index in [9.17, 15) is 21.6 Å². The molecule has 8 heteroatoms. The number of sulfone groups is 2. The van der Waals surface area contributed by atoms with Gasteiger partial charge in [0.2, 0.25) is 5.91 Å². The van der Waals surface area contributed by atoms with Crippen molar-refractivity contribution in [2.45, 2.75) is 30.1 Å². The van der Waals surface area contributed by atoms with Gasteiger partial charge < -0.3 is 5.32 Å². The number of carbonyl (C=O) groups excluding carboxylic acids is 1. The van der Waals surface area contributed by atoms with Crippen LogP contribution in [0.5, 0.6) is 0 Å². The molecular weight excluding hydrogens is 446 g/mol. The van der Waals surface area contributed by atoms with E-state index in [1.165, 1.54) is 12.1 Å². The monoisotopic (exact) mass is 471 g/mol. The molecule has 1 N–H and O–H groups in total. The number of anilines is 1. The van der Waals surface area contributed by atoms with E-state index in [0.29, 0.717) is 10.6 Å². The van der Waals surface area contributed by atoms with Crippen molar-refractivity contribution in [1.82, 2.24) is 0 Å². The van der Waals surface area contributed by atoms with Crippen LogP contribution < -0.4 is 5.32 Å². The van der Waals surface area contributed by atoms with Crippen LogP contribution in [0.25, 0.3) is 11.1 Å². The molecule has 0 fully saturated rings. The largest absolute Gasteiger partial charge is 0.326 e. The second-order valence-electron chi connectivity index (χ2n) is 7.28. The van der Waals surface area contributed by atoms with Gasteiger partial charge in [0.1, 0.15) is 0 Å². The van der Waals surface area contributed by atoms with E-state index < -0.39 is 19.7 Å². The predicted molar refractivity (Wildman–Crippen MR) is 126 cm³/mol. The third kappa shape index (κ3) is 5.63. The Labute approximate surface area is 189 Å². The first-order valence-corrected chi connectivity index (χ1v) is 13.5. The molecule has 0 aliphatic heterocycles. The summed E-state index contributed by atoms with van der Waals surface area (Å²) in [6.07, 6.45) is 0.127. The molecule has 0 aliphatic carbocycles. The summed E-state index contributed by atoms with van der Waals surface area (Å²) in [5, 5.41) is 2.83. The van der Waals surface area contributed by atoms with Gasteiger partial charge in [0.15, 0.2) is 19.7 Å². The van der Waals surface area contributed by atoms with E-state index in [1.54, 1.807) is 62.4 Å². The Balaban J connectivity index is 1.64. The van der Waals surface area contributed by atoms with Crippen LogP contribution >= 0.6 is 0 Å². The number of amides is 1. The summed E-state index contributed by atoms with van der Waals surface area (Å²) in [6.45, 7) is 3.20. The SMILES string of the molecule is CCS(=O)(=O)c1ccc(CC(=O)Nc2ccc(-c3ccc(S(=O)(=O)CC)cc3)cc2)cc1. The first-order valence-electron chi connectivity index (χ1n) is 10.2. The van der Waals surface area contributed by atoms with Crippen LogP contribution in [0.3, 0.4) is 0 Å². The van der Waals surface area contributed by atoms with Crippen LogP contribution in [0.4, 0.5) is 5.69 Å². The molecule has 0 unspecified atom stereocenters. The maximum absolute atomic E-state index is 12.3. The molecule has 6 nitrogen and oxygen atoms in total. The molecule has 168 valence electrons. The van der Waals surface area contributed by atoms with Crippen molar-refractivity contribution < 1.29 is 21.6 Å². The standard InChI is InChI=1S/C24H25NO5S2/c1-3-31(27,28)22-13-5-18(6-14-22)17-24(26)25-21-11-7-19(8-12-21)20-9-15-23(16-10-20)32(29,30)4-2/h5-16H,3-4,17H2,1-2H3,(H,25,26). The quantitative estimate of drug-likeness (QED) is 0.533. The van der Waals surface area contributed by atoms with E-state index in [1.807, 2.05) is 12.1 Å². The van der Waals surface area contributed by atoms with Crippen LogP contribution in [-0.2, 0) is 30.9 Å². The molecule has 3 rings (SSSR count). The molecule has 0 bridgehead atoms. The van der Waals surface area contributed by atoms with Crippen molar-refractivity contribution in [3.8, 4) is 11.1 Å². The molecule has 0 saturated carbocycles. The van der Waals surface area contributed by atoms with Gasteiger partial charge in [-0.3, -0.25) is 4.79 Å². The summed E-state index contributed by atoms with van der Waals surface area (Å²) in [7, 11) is -6.49. The topological polar surface area (TPSA) is 97.4 Å². The fraction of sp³-hybridized carbons (Fsp3) is 0.208. The molecule has 0 radical (unpaired) electrons. The predicted octanol–water partition coefficient (Wildman–Crippen LogP) is 4.12.